The number of hydrogen-bond donors (Lipinski definition) is 1. The maximum absolute atomic E-state index is 13.4. The highest BCUT2D eigenvalue weighted by Crippen LogP contribution is 2.39. The number of nitrogens with zero attached hydrogens (tertiary/aromatic N) is 2. The molecule has 1 aliphatic heterocycles. The molecule has 1 aromatic carbocycles. The van der Waals surface area contributed by atoms with Crippen molar-refractivity contribution in [1.29, 1.82) is 0 Å². The molecule has 5 heteroatoms. The van der Waals surface area contributed by atoms with Crippen molar-refractivity contribution in [1.82, 2.24) is 15.2 Å². The van der Waals surface area contributed by atoms with E-state index in [1.54, 1.807) is 0 Å². The van der Waals surface area contributed by atoms with E-state index in [0.29, 0.717) is 44.8 Å². The number of pyridine rings is 1. The number of hydrogen-bond acceptors (Lipinski definition) is 3. The van der Waals surface area contributed by atoms with Gasteiger partial charge >= 0.3 is 0 Å². The smallest absolute Gasteiger partial charge is 0.226 e. The van der Waals surface area contributed by atoms with Gasteiger partial charge in [0.25, 0.3) is 0 Å². The van der Waals surface area contributed by atoms with Crippen LogP contribution >= 0.6 is 0 Å². The van der Waals surface area contributed by atoms with Gasteiger partial charge in [0, 0.05) is 37.9 Å². The molecular formula is C27H35N3O2. The van der Waals surface area contributed by atoms with Crippen LogP contribution in [0.5, 0.6) is 0 Å². The van der Waals surface area contributed by atoms with Crippen molar-refractivity contribution in [2.75, 3.05) is 19.6 Å². The number of likely N-dealkylation sites (tertiary alicyclic amines) is 1. The second kappa shape index (κ2) is 10.3. The van der Waals surface area contributed by atoms with Crippen LogP contribution in [0.4, 0.5) is 0 Å². The first-order valence-corrected chi connectivity index (χ1v) is 12.2. The van der Waals surface area contributed by atoms with Gasteiger partial charge in [0.2, 0.25) is 11.8 Å². The maximum atomic E-state index is 13.4. The Kier molecular flexibility index (Phi) is 7.23. The zero-order valence-electron chi connectivity index (χ0n) is 19.2. The molecule has 2 amide bonds. The lowest BCUT2D eigenvalue weighted by molar-refractivity contribution is -0.143. The minimum absolute atomic E-state index is 0.136. The van der Waals surface area contributed by atoms with Gasteiger partial charge in [-0.05, 0) is 67.3 Å². The van der Waals surface area contributed by atoms with Crippen LogP contribution in [-0.4, -0.2) is 41.3 Å². The zero-order valence-corrected chi connectivity index (χ0v) is 19.2. The fraction of sp³-hybridized carbons (Fsp3) is 0.519. The van der Waals surface area contributed by atoms with Crippen LogP contribution in [0.15, 0.2) is 48.8 Å². The average Bonchev–Trinajstić information content (AvgIpc) is 3.38. The molecule has 1 aliphatic carbocycles. The van der Waals surface area contributed by atoms with Gasteiger partial charge in [-0.15, -0.1) is 0 Å². The Labute approximate surface area is 191 Å². The van der Waals surface area contributed by atoms with Crippen molar-refractivity contribution >= 4 is 11.8 Å². The van der Waals surface area contributed by atoms with E-state index in [1.807, 2.05) is 35.5 Å². The Morgan fingerprint density at radius 3 is 2.44 bits per heavy atom. The fourth-order valence-corrected chi connectivity index (χ4v) is 5.35. The largest absolute Gasteiger partial charge is 0.356 e. The number of carbonyl (C=O) groups excluding carboxylic acids is 2. The van der Waals surface area contributed by atoms with Gasteiger partial charge in [0.1, 0.15) is 0 Å². The maximum Gasteiger partial charge on any atom is 0.226 e. The van der Waals surface area contributed by atoms with Crippen LogP contribution in [0.3, 0.4) is 0 Å². The topological polar surface area (TPSA) is 62.3 Å². The van der Waals surface area contributed by atoms with Gasteiger partial charge < -0.3 is 10.2 Å². The van der Waals surface area contributed by atoms with E-state index >= 15 is 0 Å². The summed E-state index contributed by atoms with van der Waals surface area (Å²) < 4.78 is 0. The highest BCUT2D eigenvalue weighted by Gasteiger charge is 2.43. The molecule has 0 bridgehead atoms. The first-order valence-electron chi connectivity index (χ1n) is 12.2. The molecule has 2 fully saturated rings. The Morgan fingerprint density at radius 1 is 1.06 bits per heavy atom. The lowest BCUT2D eigenvalue weighted by Gasteiger charge is -2.42. The van der Waals surface area contributed by atoms with E-state index in [1.165, 1.54) is 18.4 Å². The Hall–Kier alpha value is -2.69. The average molecular weight is 434 g/mol. The third kappa shape index (κ3) is 4.87. The first kappa shape index (κ1) is 22.5. The van der Waals surface area contributed by atoms with Crippen LogP contribution in [0.2, 0.25) is 0 Å². The van der Waals surface area contributed by atoms with E-state index < -0.39 is 5.41 Å². The predicted molar refractivity (Wildman–Crippen MR) is 127 cm³/mol. The molecule has 1 saturated carbocycles. The fourth-order valence-electron chi connectivity index (χ4n) is 5.35. The van der Waals surface area contributed by atoms with Crippen molar-refractivity contribution in [3.05, 3.63) is 54.4 Å². The number of rotatable bonds is 7. The quantitative estimate of drug-likeness (QED) is 0.693. The third-order valence-corrected chi connectivity index (χ3v) is 7.29. The van der Waals surface area contributed by atoms with E-state index in [4.69, 9.17) is 0 Å². The number of piperidine rings is 1. The van der Waals surface area contributed by atoms with Gasteiger partial charge in [-0.25, -0.2) is 0 Å². The summed E-state index contributed by atoms with van der Waals surface area (Å²) in [6.07, 6.45) is 11.0. The molecule has 2 aliphatic rings. The van der Waals surface area contributed by atoms with Crippen LogP contribution in [0.25, 0.3) is 11.1 Å². The van der Waals surface area contributed by atoms with E-state index in [2.05, 4.69) is 35.4 Å². The molecule has 2 heterocycles. The monoisotopic (exact) mass is 433 g/mol. The Morgan fingerprint density at radius 2 is 1.75 bits per heavy atom. The minimum atomic E-state index is -0.481. The highest BCUT2D eigenvalue weighted by molar-refractivity contribution is 5.85. The van der Waals surface area contributed by atoms with E-state index in [9.17, 15) is 9.59 Å². The summed E-state index contributed by atoms with van der Waals surface area (Å²) >= 11 is 0. The molecule has 32 heavy (non-hydrogen) atoms. The summed E-state index contributed by atoms with van der Waals surface area (Å²) in [5.74, 6) is 0.642. The van der Waals surface area contributed by atoms with Crippen LogP contribution in [-0.2, 0) is 16.0 Å². The number of carbonyl (C=O) groups is 2. The summed E-state index contributed by atoms with van der Waals surface area (Å²) in [5.41, 5.74) is 2.97. The van der Waals surface area contributed by atoms with Crippen LogP contribution in [0.1, 0.15) is 57.4 Å². The highest BCUT2D eigenvalue weighted by atomic mass is 16.2. The van der Waals surface area contributed by atoms with Crippen molar-refractivity contribution in [3.63, 3.8) is 0 Å². The van der Waals surface area contributed by atoms with Crippen LogP contribution in [0, 0.1) is 11.3 Å². The molecular weight excluding hydrogens is 398 g/mol. The van der Waals surface area contributed by atoms with Gasteiger partial charge in [0.15, 0.2) is 0 Å². The lowest BCUT2D eigenvalue weighted by atomic mass is 9.71. The number of amides is 2. The molecule has 1 N–H and O–H groups in total. The molecule has 4 rings (SSSR count). The molecule has 0 atom stereocenters. The molecule has 170 valence electrons. The van der Waals surface area contributed by atoms with Crippen LogP contribution < -0.4 is 5.32 Å². The molecule has 0 spiro atoms. The molecule has 5 nitrogen and oxygen atoms in total. The van der Waals surface area contributed by atoms with Crippen molar-refractivity contribution in [2.45, 2.75) is 58.3 Å². The predicted octanol–water partition coefficient (Wildman–Crippen LogP) is 4.62. The van der Waals surface area contributed by atoms with Crippen molar-refractivity contribution < 1.29 is 9.59 Å². The molecule has 1 aromatic heterocycles. The molecule has 0 unspecified atom stereocenters. The van der Waals surface area contributed by atoms with Gasteiger partial charge in [-0.1, -0.05) is 44.0 Å². The Bertz CT molecular complexity index is 914. The number of nitrogens with one attached hydrogen (secondary N) is 1. The van der Waals surface area contributed by atoms with E-state index in [-0.39, 0.29) is 11.8 Å². The summed E-state index contributed by atoms with van der Waals surface area (Å²) in [7, 11) is 0. The van der Waals surface area contributed by atoms with Crippen molar-refractivity contribution in [2.24, 2.45) is 11.3 Å². The third-order valence-electron chi connectivity index (χ3n) is 7.29. The van der Waals surface area contributed by atoms with E-state index in [0.717, 1.165) is 30.4 Å². The SMILES string of the molecule is CCCNC(=O)C1(Cc2ccccc2-c2ccncc2)CCN(C(=O)C2CCCC2)CC1. The van der Waals surface area contributed by atoms with Gasteiger partial charge in [-0.2, -0.15) is 0 Å². The number of benzene rings is 1. The standard InChI is InChI=1S/C27H35N3O2/c1-2-15-29-26(32)27(13-18-30(19-14-27)25(31)22-7-3-4-8-22)20-23-9-5-6-10-24(23)21-11-16-28-17-12-21/h5-6,9-12,16-17,22H,2-4,7-8,13-15,18-20H2,1H3,(H,29,32). The second-order valence-electron chi connectivity index (χ2n) is 9.41. The Balaban J connectivity index is 1.56. The normalized spacial score (nSPS) is 18.5. The van der Waals surface area contributed by atoms with Gasteiger partial charge in [-0.3, -0.25) is 14.6 Å². The first-order chi connectivity index (χ1) is 15.6. The molecule has 2 aromatic rings. The lowest BCUT2D eigenvalue weighted by Crippen LogP contribution is -2.52. The zero-order chi connectivity index (χ0) is 22.4. The summed E-state index contributed by atoms with van der Waals surface area (Å²) in [5, 5.41) is 3.17. The minimum Gasteiger partial charge on any atom is -0.356 e. The molecule has 1 saturated heterocycles. The number of aromatic nitrogens is 1. The van der Waals surface area contributed by atoms with Gasteiger partial charge in [0.05, 0.1) is 5.41 Å². The van der Waals surface area contributed by atoms with Crippen molar-refractivity contribution in [3.8, 4) is 11.1 Å². The summed E-state index contributed by atoms with van der Waals surface area (Å²) in [6, 6.07) is 12.4. The second-order valence-corrected chi connectivity index (χ2v) is 9.41. The summed E-state index contributed by atoms with van der Waals surface area (Å²) in [6.45, 7) is 4.12. The molecule has 0 radical (unpaired) electrons. The summed E-state index contributed by atoms with van der Waals surface area (Å²) in [4.78, 5) is 32.6.